The van der Waals surface area contributed by atoms with Crippen LogP contribution in [0.4, 0.5) is 4.39 Å². The number of phenols is 1. The van der Waals surface area contributed by atoms with Gasteiger partial charge in [0.05, 0.1) is 6.42 Å². The van der Waals surface area contributed by atoms with Crippen molar-refractivity contribution in [3.05, 3.63) is 102 Å². The van der Waals surface area contributed by atoms with Crippen LogP contribution in [0, 0.1) is 5.82 Å². The maximum Gasteiger partial charge on any atom is 0.326 e. The van der Waals surface area contributed by atoms with Crippen LogP contribution < -0.4 is 16.0 Å². The number of halogens is 1. The number of rotatable bonds is 13. The lowest BCUT2D eigenvalue weighted by atomic mass is 10.0. The molecule has 12 nitrogen and oxygen atoms in total. The van der Waals surface area contributed by atoms with Gasteiger partial charge in [-0.1, -0.05) is 30.3 Å². The Hall–Kier alpha value is -5.72. The number of H-pyrrole nitrogens is 1. The van der Waals surface area contributed by atoms with Crippen LogP contribution in [0.15, 0.2) is 79.0 Å². The van der Waals surface area contributed by atoms with Crippen LogP contribution in [-0.4, -0.2) is 68.1 Å². The average molecular weight is 605 g/mol. The van der Waals surface area contributed by atoms with Gasteiger partial charge in [-0.15, -0.1) is 0 Å². The van der Waals surface area contributed by atoms with Crippen molar-refractivity contribution in [2.45, 2.75) is 37.4 Å². The van der Waals surface area contributed by atoms with Gasteiger partial charge in [0.15, 0.2) is 0 Å². The zero-order valence-electron chi connectivity index (χ0n) is 23.1. The standard InChI is InChI=1S/C31H29FN4O8/c32-20-9-7-18(8-10-20)28(40)34-25(14-19-16-33-23-4-2-1-3-22(19)23)30(42)35-24(13-17-5-11-21(37)12-6-17)29(41)36-26(31(43)44)15-27(38)39/h1-12,16,24-26,33,37H,13-15H2,(H,34,40)(H,35,42)(H,36,41)(H,38,39)(H,43,44)/t24-,25-,26-/m0/s1. The molecule has 13 heteroatoms. The summed E-state index contributed by atoms with van der Waals surface area (Å²) in [6, 6.07) is 13.2. The number of carbonyl (C=O) groups excluding carboxylic acids is 3. The first-order valence-corrected chi connectivity index (χ1v) is 13.4. The average Bonchev–Trinajstić information content (AvgIpc) is 3.39. The van der Waals surface area contributed by atoms with Crippen molar-refractivity contribution in [3.8, 4) is 5.75 Å². The molecular formula is C31H29FN4O8. The number of carbonyl (C=O) groups is 5. The summed E-state index contributed by atoms with van der Waals surface area (Å²) in [5, 5.41) is 36.3. The van der Waals surface area contributed by atoms with E-state index >= 15 is 0 Å². The minimum absolute atomic E-state index is 0.0207. The zero-order chi connectivity index (χ0) is 31.8. The molecule has 0 aliphatic carbocycles. The lowest BCUT2D eigenvalue weighted by Gasteiger charge is -2.24. The summed E-state index contributed by atoms with van der Waals surface area (Å²) < 4.78 is 13.5. The first-order chi connectivity index (χ1) is 21.0. The SMILES string of the molecule is O=C(O)C[C@H](NC(=O)[C@H](Cc1ccc(O)cc1)NC(=O)[C@H](Cc1c[nH]c2ccccc12)NC(=O)c1ccc(F)cc1)C(=O)O. The largest absolute Gasteiger partial charge is 0.508 e. The molecular weight excluding hydrogens is 575 g/mol. The van der Waals surface area contributed by atoms with Crippen molar-refractivity contribution in [1.29, 1.82) is 0 Å². The highest BCUT2D eigenvalue weighted by molar-refractivity contribution is 5.99. The van der Waals surface area contributed by atoms with Crippen LogP contribution in [0.1, 0.15) is 27.9 Å². The molecule has 3 aromatic carbocycles. The second kappa shape index (κ2) is 14.0. The monoisotopic (exact) mass is 604 g/mol. The fraction of sp³-hybridized carbons (Fsp3) is 0.194. The maximum atomic E-state index is 13.8. The number of hydrogen-bond donors (Lipinski definition) is 7. The summed E-state index contributed by atoms with van der Waals surface area (Å²) in [6.45, 7) is 0. The Balaban J connectivity index is 1.63. The third-order valence-corrected chi connectivity index (χ3v) is 6.83. The van der Waals surface area contributed by atoms with Crippen molar-refractivity contribution in [3.63, 3.8) is 0 Å². The third-order valence-electron chi connectivity index (χ3n) is 6.83. The van der Waals surface area contributed by atoms with Crippen LogP contribution in [0.2, 0.25) is 0 Å². The summed E-state index contributed by atoms with van der Waals surface area (Å²) in [6.07, 6.45) is 0.590. The molecule has 0 saturated heterocycles. The Bertz CT molecular complexity index is 1670. The van der Waals surface area contributed by atoms with E-state index in [0.29, 0.717) is 11.1 Å². The van der Waals surface area contributed by atoms with Crippen molar-refractivity contribution in [1.82, 2.24) is 20.9 Å². The summed E-state index contributed by atoms with van der Waals surface area (Å²) in [5.41, 5.74) is 2.03. The van der Waals surface area contributed by atoms with Crippen molar-refractivity contribution >= 4 is 40.6 Å². The summed E-state index contributed by atoms with van der Waals surface area (Å²) in [7, 11) is 0. The number of aliphatic carboxylic acids is 2. The van der Waals surface area contributed by atoms with Gasteiger partial charge in [-0.25, -0.2) is 9.18 Å². The van der Waals surface area contributed by atoms with Gasteiger partial charge < -0.3 is 36.3 Å². The summed E-state index contributed by atoms with van der Waals surface area (Å²) >= 11 is 0. The maximum absolute atomic E-state index is 13.8. The molecule has 0 fully saturated rings. The van der Waals surface area contributed by atoms with Crippen LogP contribution in [-0.2, 0) is 32.0 Å². The number of benzene rings is 3. The summed E-state index contributed by atoms with van der Waals surface area (Å²) in [5.74, 6) is -6.10. The van der Waals surface area contributed by atoms with Crippen molar-refractivity contribution in [2.75, 3.05) is 0 Å². The first kappa shape index (κ1) is 31.2. The molecule has 1 heterocycles. The highest BCUT2D eigenvalue weighted by Gasteiger charge is 2.31. The minimum atomic E-state index is -1.78. The Morgan fingerprint density at radius 2 is 1.36 bits per heavy atom. The fourth-order valence-corrected chi connectivity index (χ4v) is 4.57. The van der Waals surface area contributed by atoms with E-state index in [2.05, 4.69) is 20.9 Å². The van der Waals surface area contributed by atoms with E-state index in [1.165, 1.54) is 36.4 Å². The molecule has 7 N–H and O–H groups in total. The predicted molar refractivity (Wildman–Crippen MR) is 155 cm³/mol. The number of para-hydroxylation sites is 1. The number of aromatic amines is 1. The van der Waals surface area contributed by atoms with Crippen LogP contribution in [0.25, 0.3) is 10.9 Å². The van der Waals surface area contributed by atoms with E-state index in [1.807, 2.05) is 18.2 Å². The van der Waals surface area contributed by atoms with Crippen LogP contribution >= 0.6 is 0 Å². The van der Waals surface area contributed by atoms with E-state index in [1.54, 1.807) is 12.3 Å². The zero-order valence-corrected chi connectivity index (χ0v) is 23.1. The Morgan fingerprint density at radius 1 is 0.750 bits per heavy atom. The number of carboxylic acid groups (broad SMARTS) is 2. The molecule has 44 heavy (non-hydrogen) atoms. The van der Waals surface area contributed by atoms with Gasteiger partial charge in [0.2, 0.25) is 11.8 Å². The number of amides is 3. The predicted octanol–water partition coefficient (Wildman–Crippen LogP) is 2.13. The summed E-state index contributed by atoms with van der Waals surface area (Å²) in [4.78, 5) is 66.0. The smallest absolute Gasteiger partial charge is 0.326 e. The number of fused-ring (bicyclic) bond motifs is 1. The molecule has 1 aromatic heterocycles. The van der Waals surface area contributed by atoms with Crippen LogP contribution in [0.3, 0.4) is 0 Å². The van der Waals surface area contributed by atoms with Gasteiger partial charge in [0.25, 0.3) is 5.91 Å². The second-order valence-corrected chi connectivity index (χ2v) is 10.0. The molecule has 0 saturated carbocycles. The van der Waals surface area contributed by atoms with E-state index in [4.69, 9.17) is 5.11 Å². The topological polar surface area (TPSA) is 198 Å². The van der Waals surface area contributed by atoms with Gasteiger partial charge in [0, 0.05) is 35.5 Å². The number of carboxylic acids is 2. The normalized spacial score (nSPS) is 12.9. The molecule has 4 rings (SSSR count). The van der Waals surface area contributed by atoms with Gasteiger partial charge in [-0.05, 0) is 53.6 Å². The second-order valence-electron chi connectivity index (χ2n) is 10.0. The number of nitrogens with one attached hydrogen (secondary N) is 4. The highest BCUT2D eigenvalue weighted by Crippen LogP contribution is 2.20. The minimum Gasteiger partial charge on any atom is -0.508 e. The van der Waals surface area contributed by atoms with Gasteiger partial charge in [0.1, 0.15) is 29.7 Å². The lowest BCUT2D eigenvalue weighted by molar-refractivity contribution is -0.147. The number of aromatic nitrogens is 1. The molecule has 228 valence electrons. The quantitative estimate of drug-likeness (QED) is 0.120. The van der Waals surface area contributed by atoms with Crippen molar-refractivity contribution in [2.24, 2.45) is 0 Å². The number of aromatic hydroxyl groups is 1. The first-order valence-electron chi connectivity index (χ1n) is 13.4. The lowest BCUT2D eigenvalue weighted by Crippen LogP contribution is -2.57. The molecule has 3 amide bonds. The molecule has 4 aromatic rings. The fourth-order valence-electron chi connectivity index (χ4n) is 4.57. The third kappa shape index (κ3) is 8.18. The molecule has 0 spiro atoms. The number of phenolic OH excluding ortho intramolecular Hbond substituents is 1. The molecule has 0 aliphatic rings. The number of hydrogen-bond acceptors (Lipinski definition) is 6. The van der Waals surface area contributed by atoms with Crippen LogP contribution in [0.5, 0.6) is 5.75 Å². The van der Waals surface area contributed by atoms with E-state index in [-0.39, 0.29) is 24.2 Å². The van der Waals surface area contributed by atoms with Crippen molar-refractivity contribution < 1.29 is 43.7 Å². The Labute approximate surface area is 249 Å². The molecule has 0 bridgehead atoms. The van der Waals surface area contributed by atoms with Gasteiger partial charge in [-0.2, -0.15) is 0 Å². The molecule has 0 aliphatic heterocycles. The molecule has 3 atom stereocenters. The van der Waals surface area contributed by atoms with E-state index < -0.39 is 60.0 Å². The van der Waals surface area contributed by atoms with E-state index in [0.717, 1.165) is 23.0 Å². The Kier molecular flexibility index (Phi) is 9.91. The van der Waals surface area contributed by atoms with Gasteiger partial charge in [-0.3, -0.25) is 19.2 Å². The van der Waals surface area contributed by atoms with Gasteiger partial charge >= 0.3 is 11.9 Å². The van der Waals surface area contributed by atoms with E-state index in [9.17, 15) is 38.6 Å². The highest BCUT2D eigenvalue weighted by atomic mass is 19.1. The Morgan fingerprint density at radius 3 is 2.00 bits per heavy atom. The molecule has 0 radical (unpaired) electrons. The molecule has 0 unspecified atom stereocenters.